The molecule has 3 aromatic rings. The Balaban J connectivity index is 1.51. The van der Waals surface area contributed by atoms with E-state index in [1.165, 1.54) is 11.8 Å². The maximum atomic E-state index is 12.0. The molecule has 0 unspecified atom stereocenters. The molecule has 1 aromatic heterocycles. The normalized spacial score (nSPS) is 10.5. The fourth-order valence-corrected chi connectivity index (χ4v) is 2.90. The van der Waals surface area contributed by atoms with Gasteiger partial charge in [0, 0.05) is 17.7 Å². The van der Waals surface area contributed by atoms with Gasteiger partial charge in [0.25, 0.3) is 5.22 Å². The molecule has 0 aliphatic rings. The van der Waals surface area contributed by atoms with Crippen molar-refractivity contribution in [2.24, 2.45) is 0 Å². The van der Waals surface area contributed by atoms with Gasteiger partial charge < -0.3 is 14.5 Å². The van der Waals surface area contributed by atoms with E-state index in [-0.39, 0.29) is 11.7 Å². The van der Waals surface area contributed by atoms with Crippen LogP contribution in [0.4, 0.5) is 0 Å². The zero-order valence-corrected chi connectivity index (χ0v) is 15.4. The highest BCUT2D eigenvalue weighted by Crippen LogP contribution is 2.23. The van der Waals surface area contributed by atoms with E-state index in [1.807, 2.05) is 55.5 Å². The van der Waals surface area contributed by atoms with Crippen LogP contribution in [0.1, 0.15) is 11.1 Å². The molecule has 0 fully saturated rings. The Kier molecular flexibility index (Phi) is 5.91. The van der Waals surface area contributed by atoms with E-state index in [2.05, 4.69) is 15.5 Å². The molecule has 1 amide bonds. The molecule has 0 saturated heterocycles. The summed E-state index contributed by atoms with van der Waals surface area (Å²) in [6.07, 6.45) is 0. The molecule has 134 valence electrons. The average Bonchev–Trinajstić information content (AvgIpc) is 3.14. The van der Waals surface area contributed by atoms with Gasteiger partial charge in [-0.25, -0.2) is 0 Å². The number of amides is 1. The number of aryl methyl sites for hydroxylation is 1. The first-order valence-corrected chi connectivity index (χ1v) is 9.06. The fourth-order valence-electron chi connectivity index (χ4n) is 2.30. The van der Waals surface area contributed by atoms with Gasteiger partial charge in [0.05, 0.1) is 12.9 Å². The standard InChI is InChI=1S/C19H19N3O3S/c1-13-7-9-14(10-8-13)18-21-22-19(25-18)26-12-17(23)20-11-15-5-3-4-6-16(15)24-2/h3-10H,11-12H2,1-2H3,(H,20,23). The second-order valence-corrected chi connectivity index (χ2v) is 6.54. The lowest BCUT2D eigenvalue weighted by Gasteiger charge is -2.08. The van der Waals surface area contributed by atoms with Gasteiger partial charge in [0.2, 0.25) is 11.8 Å². The van der Waals surface area contributed by atoms with Crippen molar-refractivity contribution in [3.8, 4) is 17.2 Å². The number of nitrogens with zero attached hydrogens (tertiary/aromatic N) is 2. The smallest absolute Gasteiger partial charge is 0.277 e. The maximum Gasteiger partial charge on any atom is 0.277 e. The molecule has 0 aliphatic carbocycles. The van der Waals surface area contributed by atoms with Crippen molar-refractivity contribution in [2.45, 2.75) is 18.7 Å². The van der Waals surface area contributed by atoms with Gasteiger partial charge in [-0.3, -0.25) is 4.79 Å². The fraction of sp³-hybridized carbons (Fsp3) is 0.211. The van der Waals surface area contributed by atoms with E-state index in [0.29, 0.717) is 17.7 Å². The molecule has 6 nitrogen and oxygen atoms in total. The minimum Gasteiger partial charge on any atom is -0.496 e. The molecule has 1 heterocycles. The summed E-state index contributed by atoms with van der Waals surface area (Å²) < 4.78 is 10.9. The highest BCUT2D eigenvalue weighted by molar-refractivity contribution is 7.99. The number of thioether (sulfide) groups is 1. The summed E-state index contributed by atoms with van der Waals surface area (Å²) in [5, 5.41) is 11.2. The first-order chi connectivity index (χ1) is 12.7. The van der Waals surface area contributed by atoms with Crippen LogP contribution >= 0.6 is 11.8 Å². The van der Waals surface area contributed by atoms with Crippen LogP contribution in [0.5, 0.6) is 5.75 Å². The third-order valence-electron chi connectivity index (χ3n) is 3.70. The van der Waals surface area contributed by atoms with Crippen molar-refractivity contribution < 1.29 is 13.9 Å². The topological polar surface area (TPSA) is 77.2 Å². The lowest BCUT2D eigenvalue weighted by atomic mass is 10.1. The van der Waals surface area contributed by atoms with E-state index >= 15 is 0 Å². The molecule has 0 atom stereocenters. The first kappa shape index (κ1) is 18.0. The number of hydrogen-bond acceptors (Lipinski definition) is 6. The van der Waals surface area contributed by atoms with E-state index in [0.717, 1.165) is 22.4 Å². The molecule has 0 saturated carbocycles. The summed E-state index contributed by atoms with van der Waals surface area (Å²) in [5.74, 6) is 1.28. The van der Waals surface area contributed by atoms with Gasteiger partial charge in [-0.15, -0.1) is 10.2 Å². The number of ether oxygens (including phenoxy) is 1. The molecular weight excluding hydrogens is 350 g/mol. The SMILES string of the molecule is COc1ccccc1CNC(=O)CSc1nnc(-c2ccc(C)cc2)o1. The Morgan fingerprint density at radius 1 is 1.15 bits per heavy atom. The highest BCUT2D eigenvalue weighted by atomic mass is 32.2. The number of para-hydroxylation sites is 1. The molecule has 0 spiro atoms. The molecule has 0 aliphatic heterocycles. The van der Waals surface area contributed by atoms with Crippen LogP contribution in [0.2, 0.25) is 0 Å². The minimum absolute atomic E-state index is 0.115. The van der Waals surface area contributed by atoms with Gasteiger partial charge in [-0.1, -0.05) is 47.7 Å². The number of aromatic nitrogens is 2. The summed E-state index contributed by atoms with van der Waals surface area (Å²) >= 11 is 1.21. The number of hydrogen-bond donors (Lipinski definition) is 1. The number of rotatable bonds is 7. The number of carbonyl (C=O) groups is 1. The second-order valence-electron chi connectivity index (χ2n) is 5.62. The number of methoxy groups -OCH3 is 1. The van der Waals surface area contributed by atoms with Gasteiger partial charge in [-0.2, -0.15) is 0 Å². The number of benzene rings is 2. The Labute approximate surface area is 156 Å². The van der Waals surface area contributed by atoms with Crippen molar-refractivity contribution in [1.29, 1.82) is 0 Å². The van der Waals surface area contributed by atoms with Crippen molar-refractivity contribution in [3.63, 3.8) is 0 Å². The van der Waals surface area contributed by atoms with Crippen LogP contribution in [0, 0.1) is 6.92 Å². The summed E-state index contributed by atoms with van der Waals surface area (Å²) in [6.45, 7) is 2.42. The van der Waals surface area contributed by atoms with Crippen molar-refractivity contribution in [1.82, 2.24) is 15.5 Å². The van der Waals surface area contributed by atoms with E-state index in [9.17, 15) is 4.79 Å². The van der Waals surface area contributed by atoms with E-state index < -0.39 is 0 Å². The van der Waals surface area contributed by atoms with Gasteiger partial charge >= 0.3 is 0 Å². The second kappa shape index (κ2) is 8.53. The molecular formula is C19H19N3O3S. The van der Waals surface area contributed by atoms with Crippen molar-refractivity contribution in [3.05, 3.63) is 59.7 Å². The van der Waals surface area contributed by atoms with E-state index in [1.54, 1.807) is 7.11 Å². The quantitative estimate of drug-likeness (QED) is 0.643. The summed E-state index contributed by atoms with van der Waals surface area (Å²) in [7, 11) is 1.61. The Hall–Kier alpha value is -2.80. The highest BCUT2D eigenvalue weighted by Gasteiger charge is 2.11. The van der Waals surface area contributed by atoms with Gasteiger partial charge in [-0.05, 0) is 25.1 Å². The number of carbonyl (C=O) groups excluding carboxylic acids is 1. The predicted octanol–water partition coefficient (Wildman–Crippen LogP) is 3.46. The van der Waals surface area contributed by atoms with Crippen molar-refractivity contribution in [2.75, 3.05) is 12.9 Å². The zero-order chi connectivity index (χ0) is 18.4. The largest absolute Gasteiger partial charge is 0.496 e. The summed E-state index contributed by atoms with van der Waals surface area (Å²) in [6, 6.07) is 15.4. The molecule has 26 heavy (non-hydrogen) atoms. The Morgan fingerprint density at radius 2 is 1.92 bits per heavy atom. The third kappa shape index (κ3) is 4.64. The van der Waals surface area contributed by atoms with E-state index in [4.69, 9.17) is 9.15 Å². The Bertz CT molecular complexity index is 878. The van der Waals surface area contributed by atoms with Crippen molar-refractivity contribution >= 4 is 17.7 Å². The Morgan fingerprint density at radius 3 is 2.69 bits per heavy atom. The lowest BCUT2D eigenvalue weighted by Crippen LogP contribution is -2.24. The maximum absolute atomic E-state index is 12.0. The van der Waals surface area contributed by atoms with Crippen LogP contribution in [-0.2, 0) is 11.3 Å². The molecule has 3 rings (SSSR count). The average molecular weight is 369 g/mol. The van der Waals surface area contributed by atoms with Gasteiger partial charge in [0.15, 0.2) is 0 Å². The molecule has 7 heteroatoms. The van der Waals surface area contributed by atoms with Crippen LogP contribution in [0.3, 0.4) is 0 Å². The molecule has 1 N–H and O–H groups in total. The third-order valence-corrected chi connectivity index (χ3v) is 4.52. The summed E-state index contributed by atoms with van der Waals surface area (Å²) in [5.41, 5.74) is 2.94. The van der Waals surface area contributed by atoms with Crippen LogP contribution in [0.25, 0.3) is 11.5 Å². The monoisotopic (exact) mass is 369 g/mol. The number of nitrogens with one attached hydrogen (secondary N) is 1. The van der Waals surface area contributed by atoms with Gasteiger partial charge in [0.1, 0.15) is 5.75 Å². The predicted molar refractivity (Wildman–Crippen MR) is 100 cm³/mol. The first-order valence-electron chi connectivity index (χ1n) is 8.07. The van der Waals surface area contributed by atoms with Crippen LogP contribution < -0.4 is 10.1 Å². The molecule has 2 aromatic carbocycles. The zero-order valence-electron chi connectivity index (χ0n) is 14.6. The van der Waals surface area contributed by atoms with Crippen LogP contribution in [-0.4, -0.2) is 29.0 Å². The molecule has 0 radical (unpaired) electrons. The lowest BCUT2D eigenvalue weighted by molar-refractivity contribution is -0.118. The van der Waals surface area contributed by atoms with Crippen LogP contribution in [0.15, 0.2) is 58.2 Å². The minimum atomic E-state index is -0.115. The molecule has 0 bridgehead atoms. The summed E-state index contributed by atoms with van der Waals surface area (Å²) in [4.78, 5) is 12.0.